The first-order valence-corrected chi connectivity index (χ1v) is 10.8. The number of benzene rings is 2. The van der Waals surface area contributed by atoms with Crippen LogP contribution in [0.2, 0.25) is 0 Å². The van der Waals surface area contributed by atoms with Crippen LogP contribution < -0.4 is 4.90 Å². The number of hydrogen-bond acceptors (Lipinski definition) is 4. The fraction of sp³-hybridized carbons (Fsp3) is 0.200. The van der Waals surface area contributed by atoms with Crippen LogP contribution in [0.1, 0.15) is 11.1 Å². The van der Waals surface area contributed by atoms with Crippen molar-refractivity contribution in [3.63, 3.8) is 0 Å². The van der Waals surface area contributed by atoms with Gasteiger partial charge >= 0.3 is 0 Å². The van der Waals surface area contributed by atoms with E-state index in [0.717, 1.165) is 21.7 Å². The summed E-state index contributed by atoms with van der Waals surface area (Å²) in [6, 6.07) is 19.4. The second-order valence-corrected chi connectivity index (χ2v) is 7.86. The van der Waals surface area contributed by atoms with Crippen LogP contribution in [0.15, 0.2) is 75.1 Å². The molecule has 6 heteroatoms. The molecule has 1 atom stereocenters. The van der Waals surface area contributed by atoms with Gasteiger partial charge in [-0.3, -0.25) is 0 Å². The maximum atomic E-state index is 12.9. The quantitative estimate of drug-likeness (QED) is 0.334. The number of anilines is 2. The molecule has 1 aromatic heterocycles. The number of alkyl halides is 1. The van der Waals surface area contributed by atoms with E-state index in [4.69, 9.17) is 9.15 Å². The lowest BCUT2D eigenvalue weighted by molar-refractivity contribution is 0.177. The Morgan fingerprint density at radius 1 is 1.12 bits per heavy atom. The smallest absolute Gasteiger partial charge is 0.206 e. The predicted molar refractivity (Wildman–Crippen MR) is 113 cm³/mol. The van der Waals surface area contributed by atoms with Crippen LogP contribution >= 0.6 is 22.6 Å². The van der Waals surface area contributed by atoms with Gasteiger partial charge in [-0.1, -0.05) is 58.5 Å². The average Bonchev–Trinajstić information content (AvgIpc) is 3.10. The highest BCUT2D eigenvalue weighted by molar-refractivity contribution is 14.1. The van der Waals surface area contributed by atoms with Gasteiger partial charge in [0.15, 0.2) is 5.09 Å². The van der Waals surface area contributed by atoms with Gasteiger partial charge in [-0.05, 0) is 31.2 Å². The maximum absolute atomic E-state index is 12.9. The third-order valence-corrected chi connectivity index (χ3v) is 5.67. The molecule has 0 saturated carbocycles. The second kappa shape index (κ2) is 8.83. The maximum Gasteiger partial charge on any atom is 0.206 e. The number of aryl methyl sites for hydroxylation is 1. The van der Waals surface area contributed by atoms with Gasteiger partial charge in [0, 0.05) is 29.3 Å². The van der Waals surface area contributed by atoms with E-state index in [9.17, 15) is 4.21 Å². The Bertz CT molecular complexity index is 878. The van der Waals surface area contributed by atoms with E-state index in [1.807, 2.05) is 79.5 Å². The van der Waals surface area contributed by atoms with Crippen molar-refractivity contribution >= 4 is 45.0 Å². The summed E-state index contributed by atoms with van der Waals surface area (Å²) < 4.78 is 25.1. The summed E-state index contributed by atoms with van der Waals surface area (Å²) in [6.07, 6.45) is 0. The zero-order valence-electron chi connectivity index (χ0n) is 14.6. The Morgan fingerprint density at radius 2 is 1.81 bits per heavy atom. The summed E-state index contributed by atoms with van der Waals surface area (Å²) in [4.78, 5) is 2.67. The molecule has 3 aromatic rings. The predicted octanol–water partition coefficient (Wildman–Crippen LogP) is 5.43. The molecule has 0 N–H and O–H groups in total. The number of nitrogens with zero attached hydrogens (tertiary/aromatic N) is 1. The zero-order chi connectivity index (χ0) is 18.5. The monoisotopic (exact) mass is 481 g/mol. The van der Waals surface area contributed by atoms with Gasteiger partial charge in [0.25, 0.3) is 0 Å². The number of halogens is 1. The van der Waals surface area contributed by atoms with E-state index in [-0.39, 0.29) is 0 Å². The second-order valence-electron chi connectivity index (χ2n) is 5.83. The first-order valence-electron chi connectivity index (χ1n) is 8.14. The van der Waals surface area contributed by atoms with E-state index in [1.54, 1.807) is 0 Å². The molecule has 0 fully saturated rings. The topological polar surface area (TPSA) is 42.7 Å². The SMILES string of the molecule is Cc1ccc(S(=O)c2cc(COCI)c(N(C)c3ccccc3)o2)cc1. The Kier molecular flexibility index (Phi) is 6.50. The van der Waals surface area contributed by atoms with Crippen LogP contribution in [-0.4, -0.2) is 15.9 Å². The van der Waals surface area contributed by atoms with Crippen LogP contribution in [0, 0.1) is 6.92 Å². The normalized spacial score (nSPS) is 12.1. The standard InChI is InChI=1S/C20H20INO3S/c1-15-8-10-18(11-9-15)26(23)19-12-16(13-24-14-21)20(25-19)22(2)17-6-4-3-5-7-17/h3-12H,13-14H2,1-2H3. The molecule has 0 aliphatic carbocycles. The van der Waals surface area contributed by atoms with Crippen molar-refractivity contribution in [3.8, 4) is 0 Å². The lowest BCUT2D eigenvalue weighted by Crippen LogP contribution is -2.10. The van der Waals surface area contributed by atoms with Crippen LogP contribution in [0.5, 0.6) is 0 Å². The number of para-hydroxylation sites is 1. The first-order chi connectivity index (χ1) is 12.6. The lowest BCUT2D eigenvalue weighted by Gasteiger charge is -2.17. The summed E-state index contributed by atoms with van der Waals surface area (Å²) >= 11 is 2.16. The van der Waals surface area contributed by atoms with Gasteiger partial charge in [0.1, 0.15) is 10.8 Å². The molecule has 1 heterocycles. The molecular weight excluding hydrogens is 461 g/mol. The summed E-state index contributed by atoms with van der Waals surface area (Å²) in [5, 5.41) is 0.429. The van der Waals surface area contributed by atoms with Gasteiger partial charge in [0.2, 0.25) is 5.88 Å². The minimum Gasteiger partial charge on any atom is -0.431 e. The lowest BCUT2D eigenvalue weighted by atomic mass is 10.2. The molecule has 0 saturated heterocycles. The fourth-order valence-electron chi connectivity index (χ4n) is 2.57. The van der Waals surface area contributed by atoms with Gasteiger partial charge in [-0.25, -0.2) is 4.21 Å². The number of hydrogen-bond donors (Lipinski definition) is 0. The summed E-state index contributed by atoms with van der Waals surface area (Å²) in [5.41, 5.74) is 3.00. The first kappa shape index (κ1) is 19.1. The summed E-state index contributed by atoms with van der Waals surface area (Å²) in [5.74, 6) is 0.650. The number of furan rings is 1. The highest BCUT2D eigenvalue weighted by Gasteiger charge is 2.20. The number of ether oxygens (including phenoxy) is 1. The van der Waals surface area contributed by atoms with E-state index < -0.39 is 10.8 Å². The summed E-state index contributed by atoms with van der Waals surface area (Å²) in [6.45, 7) is 2.41. The van der Waals surface area contributed by atoms with Crippen molar-refractivity contribution in [1.82, 2.24) is 0 Å². The van der Waals surface area contributed by atoms with E-state index >= 15 is 0 Å². The molecule has 0 aliphatic heterocycles. The Morgan fingerprint density at radius 3 is 2.46 bits per heavy atom. The molecule has 0 aliphatic rings. The molecule has 1 unspecified atom stereocenters. The Labute approximate surface area is 169 Å². The molecule has 4 nitrogen and oxygen atoms in total. The van der Waals surface area contributed by atoms with Gasteiger partial charge in [-0.15, -0.1) is 0 Å². The number of rotatable bonds is 7. The van der Waals surface area contributed by atoms with E-state index in [0.29, 0.717) is 22.2 Å². The molecule has 0 spiro atoms. The molecule has 136 valence electrons. The van der Waals surface area contributed by atoms with Crippen LogP contribution in [0.4, 0.5) is 11.6 Å². The molecular formula is C20H20INO3S. The van der Waals surface area contributed by atoms with E-state index in [1.165, 1.54) is 0 Å². The molecule has 0 bridgehead atoms. The third-order valence-electron chi connectivity index (χ3n) is 3.96. The average molecular weight is 481 g/mol. The van der Waals surface area contributed by atoms with Gasteiger partial charge in [-0.2, -0.15) is 0 Å². The minimum absolute atomic E-state index is 0.407. The van der Waals surface area contributed by atoms with E-state index in [2.05, 4.69) is 22.6 Å². The molecule has 2 aromatic carbocycles. The highest BCUT2D eigenvalue weighted by atomic mass is 127. The molecule has 0 amide bonds. The fourth-order valence-corrected chi connectivity index (χ4v) is 3.81. The Balaban J connectivity index is 1.96. The van der Waals surface area contributed by atoms with Crippen molar-refractivity contribution in [3.05, 3.63) is 71.8 Å². The molecule has 26 heavy (non-hydrogen) atoms. The Hall–Kier alpha value is -1.64. The van der Waals surface area contributed by atoms with Crippen molar-refractivity contribution in [2.24, 2.45) is 0 Å². The van der Waals surface area contributed by atoms with Crippen molar-refractivity contribution < 1.29 is 13.4 Å². The van der Waals surface area contributed by atoms with Crippen molar-refractivity contribution in [1.29, 1.82) is 0 Å². The van der Waals surface area contributed by atoms with Crippen LogP contribution in [0.3, 0.4) is 0 Å². The third kappa shape index (κ3) is 4.36. The van der Waals surface area contributed by atoms with Crippen LogP contribution in [-0.2, 0) is 22.1 Å². The molecule has 0 radical (unpaired) electrons. The summed E-state index contributed by atoms with van der Waals surface area (Å²) in [7, 11) is 0.557. The highest BCUT2D eigenvalue weighted by Crippen LogP contribution is 2.33. The van der Waals surface area contributed by atoms with Gasteiger partial charge in [0.05, 0.1) is 11.2 Å². The van der Waals surface area contributed by atoms with Crippen LogP contribution in [0.25, 0.3) is 0 Å². The van der Waals surface area contributed by atoms with Gasteiger partial charge < -0.3 is 14.1 Å². The zero-order valence-corrected chi connectivity index (χ0v) is 17.6. The minimum atomic E-state index is -1.37. The molecule has 3 rings (SSSR count). The largest absolute Gasteiger partial charge is 0.431 e. The van der Waals surface area contributed by atoms with Crippen molar-refractivity contribution in [2.75, 3.05) is 16.6 Å². The van der Waals surface area contributed by atoms with Crippen molar-refractivity contribution in [2.45, 2.75) is 23.5 Å².